The number of nitrogens with two attached hydrogens (primary N) is 1. The Kier molecular flexibility index (Phi) is 6.11. The van der Waals surface area contributed by atoms with Crippen molar-refractivity contribution in [3.8, 4) is 33.4 Å². The molecule has 0 bridgehead atoms. The number of anilines is 1. The summed E-state index contributed by atoms with van der Waals surface area (Å²) in [6.07, 6.45) is 0. The summed E-state index contributed by atoms with van der Waals surface area (Å²) in [6.45, 7) is 0. The summed E-state index contributed by atoms with van der Waals surface area (Å²) in [7, 11) is 0. The zero-order chi connectivity index (χ0) is 32.5. The Bertz CT molecular complexity index is 2800. The van der Waals surface area contributed by atoms with Gasteiger partial charge in [0.05, 0.1) is 16.7 Å². The Balaban J connectivity index is 1.37. The van der Waals surface area contributed by atoms with Crippen LogP contribution < -0.4 is 11.0 Å². The molecule has 0 aliphatic rings. The second-order valence-corrected chi connectivity index (χ2v) is 12.8. The van der Waals surface area contributed by atoms with Crippen LogP contribution in [0.25, 0.3) is 87.5 Å². The number of benzene rings is 9. The number of hydrogen-bond donors (Lipinski definition) is 1. The summed E-state index contributed by atoms with van der Waals surface area (Å²) in [5.41, 5.74) is 10.0. The van der Waals surface area contributed by atoms with Gasteiger partial charge >= 0.3 is 0 Å². The molecule has 0 saturated carbocycles. The van der Waals surface area contributed by atoms with E-state index in [-0.39, 0.29) is 0 Å². The van der Waals surface area contributed by atoms with E-state index >= 15 is 0 Å². The molecule has 0 radical (unpaired) electrons. The molecule has 49 heavy (non-hydrogen) atoms. The second-order valence-electron chi connectivity index (χ2n) is 12.8. The molecule has 0 fully saturated rings. The molecule has 0 saturated heterocycles. The molecule has 9 aromatic carbocycles. The SMILES string of the molecule is NN(c1ccc2ccc3cccc4ccc1c2c34)n1c2ccccc2c2cc(-c3ccccc3)c(-c3ccccc3)c(-c3ccccc3)c21. The lowest BCUT2D eigenvalue weighted by Gasteiger charge is -2.27. The number of nitrogens with zero attached hydrogens (tertiary/aromatic N) is 2. The van der Waals surface area contributed by atoms with Crippen LogP contribution in [0.5, 0.6) is 0 Å². The van der Waals surface area contributed by atoms with Crippen molar-refractivity contribution in [1.82, 2.24) is 4.68 Å². The first kappa shape index (κ1) is 27.7. The number of hydrogen-bond acceptors (Lipinski definition) is 2. The molecular formula is C46H31N3. The van der Waals surface area contributed by atoms with Gasteiger partial charge in [0.15, 0.2) is 0 Å². The van der Waals surface area contributed by atoms with Crippen LogP contribution >= 0.6 is 0 Å². The van der Waals surface area contributed by atoms with Gasteiger partial charge in [0, 0.05) is 21.7 Å². The highest BCUT2D eigenvalue weighted by Crippen LogP contribution is 2.48. The van der Waals surface area contributed by atoms with Gasteiger partial charge in [-0.3, -0.25) is 0 Å². The molecule has 0 amide bonds. The normalized spacial score (nSPS) is 11.8. The highest BCUT2D eigenvalue weighted by Gasteiger charge is 2.26. The number of fused-ring (bicyclic) bond motifs is 3. The highest BCUT2D eigenvalue weighted by atomic mass is 15.7. The van der Waals surface area contributed by atoms with Gasteiger partial charge in [-0.25, -0.2) is 15.6 Å². The molecule has 1 heterocycles. The third-order valence-corrected chi connectivity index (χ3v) is 10.1. The molecule has 3 heteroatoms. The smallest absolute Gasteiger partial charge is 0.0839 e. The fraction of sp³-hybridized carbons (Fsp3) is 0. The Morgan fingerprint density at radius 3 is 1.65 bits per heavy atom. The van der Waals surface area contributed by atoms with Gasteiger partial charge in [-0.1, -0.05) is 158 Å². The van der Waals surface area contributed by atoms with E-state index in [0.717, 1.165) is 49.6 Å². The minimum absolute atomic E-state index is 0.945. The summed E-state index contributed by atoms with van der Waals surface area (Å²) >= 11 is 0. The maximum Gasteiger partial charge on any atom is 0.0839 e. The average molecular weight is 626 g/mol. The monoisotopic (exact) mass is 625 g/mol. The summed E-state index contributed by atoms with van der Waals surface area (Å²) in [6, 6.07) is 63.1. The van der Waals surface area contributed by atoms with E-state index in [4.69, 9.17) is 5.84 Å². The van der Waals surface area contributed by atoms with Gasteiger partial charge < -0.3 is 0 Å². The van der Waals surface area contributed by atoms with Crippen molar-refractivity contribution in [2.45, 2.75) is 0 Å². The standard InChI is InChI=1S/C46H31N3/c47-49(41-28-26-35-24-23-33-19-12-20-34-25-27-37(41)43(35)42(33)34)48-40-22-11-10-21-36(40)39-29-38(30-13-4-1-5-14-30)44(31-15-6-2-7-16-31)45(46(39)48)32-17-8-3-9-18-32/h1-29H,47H2. The molecule has 1 aromatic heterocycles. The van der Waals surface area contributed by atoms with E-state index in [1.54, 1.807) is 0 Å². The maximum absolute atomic E-state index is 7.47. The number of hydrazine groups is 1. The first-order chi connectivity index (χ1) is 24.3. The van der Waals surface area contributed by atoms with Crippen LogP contribution in [0.3, 0.4) is 0 Å². The predicted molar refractivity (Wildman–Crippen MR) is 208 cm³/mol. The molecule has 3 nitrogen and oxygen atoms in total. The fourth-order valence-electron chi connectivity index (χ4n) is 7.99. The third-order valence-electron chi connectivity index (χ3n) is 10.1. The Morgan fingerprint density at radius 2 is 0.959 bits per heavy atom. The highest BCUT2D eigenvalue weighted by molar-refractivity contribution is 6.25. The van der Waals surface area contributed by atoms with Crippen molar-refractivity contribution in [2.24, 2.45) is 5.84 Å². The Labute approximate surface area is 284 Å². The Hall–Kier alpha value is -6.42. The first-order valence-electron chi connectivity index (χ1n) is 16.7. The summed E-state index contributed by atoms with van der Waals surface area (Å²) in [5.74, 6) is 7.47. The van der Waals surface area contributed by atoms with Gasteiger partial charge in [-0.05, 0) is 72.9 Å². The zero-order valence-corrected chi connectivity index (χ0v) is 26.7. The van der Waals surface area contributed by atoms with E-state index in [0.29, 0.717) is 0 Å². The van der Waals surface area contributed by atoms with E-state index in [2.05, 4.69) is 181 Å². The van der Waals surface area contributed by atoms with Crippen molar-refractivity contribution in [3.05, 3.63) is 176 Å². The summed E-state index contributed by atoms with van der Waals surface area (Å²) in [5, 5.41) is 11.5. The van der Waals surface area contributed by atoms with E-state index < -0.39 is 0 Å². The lowest BCUT2D eigenvalue weighted by Crippen LogP contribution is -2.36. The molecule has 0 aliphatic carbocycles. The molecule has 0 aliphatic heterocycles. The van der Waals surface area contributed by atoms with Crippen LogP contribution in [0.2, 0.25) is 0 Å². The largest absolute Gasteiger partial charge is 0.237 e. The van der Waals surface area contributed by atoms with Crippen molar-refractivity contribution in [2.75, 3.05) is 5.12 Å². The van der Waals surface area contributed by atoms with Crippen LogP contribution in [0, 0.1) is 0 Å². The van der Waals surface area contributed by atoms with Crippen LogP contribution in [-0.4, -0.2) is 4.68 Å². The van der Waals surface area contributed by atoms with Gasteiger partial charge in [-0.2, -0.15) is 0 Å². The zero-order valence-electron chi connectivity index (χ0n) is 26.7. The summed E-state index contributed by atoms with van der Waals surface area (Å²) in [4.78, 5) is 0. The third kappa shape index (κ3) is 4.13. The molecule has 0 atom stereocenters. The van der Waals surface area contributed by atoms with Gasteiger partial charge in [0.2, 0.25) is 0 Å². The van der Waals surface area contributed by atoms with Crippen LogP contribution in [0.15, 0.2) is 176 Å². The molecule has 10 aromatic rings. The first-order valence-corrected chi connectivity index (χ1v) is 16.7. The number of rotatable bonds is 5. The van der Waals surface area contributed by atoms with Crippen molar-refractivity contribution in [3.63, 3.8) is 0 Å². The molecular weight excluding hydrogens is 595 g/mol. The summed E-state index contributed by atoms with van der Waals surface area (Å²) < 4.78 is 2.24. The maximum atomic E-state index is 7.47. The second kappa shape index (κ2) is 10.8. The van der Waals surface area contributed by atoms with Gasteiger partial charge in [0.25, 0.3) is 0 Å². The topological polar surface area (TPSA) is 34.2 Å². The van der Waals surface area contributed by atoms with Gasteiger partial charge in [-0.15, -0.1) is 0 Å². The fourth-order valence-corrected chi connectivity index (χ4v) is 7.99. The predicted octanol–water partition coefficient (Wildman–Crippen LogP) is 11.8. The molecule has 230 valence electrons. The van der Waals surface area contributed by atoms with Crippen LogP contribution in [-0.2, 0) is 0 Å². The van der Waals surface area contributed by atoms with E-state index in [1.165, 1.54) is 43.6 Å². The molecule has 0 unspecified atom stereocenters. The molecule has 10 rings (SSSR count). The van der Waals surface area contributed by atoms with E-state index in [1.807, 2.05) is 5.12 Å². The van der Waals surface area contributed by atoms with Crippen molar-refractivity contribution in [1.29, 1.82) is 0 Å². The Morgan fingerprint density at radius 1 is 0.408 bits per heavy atom. The van der Waals surface area contributed by atoms with Gasteiger partial charge in [0.1, 0.15) is 0 Å². The quantitative estimate of drug-likeness (QED) is 0.117. The number of para-hydroxylation sites is 1. The lowest BCUT2D eigenvalue weighted by atomic mass is 9.85. The van der Waals surface area contributed by atoms with Crippen LogP contribution in [0.1, 0.15) is 0 Å². The average Bonchev–Trinajstić information content (AvgIpc) is 3.51. The van der Waals surface area contributed by atoms with E-state index in [9.17, 15) is 0 Å². The minimum Gasteiger partial charge on any atom is -0.237 e. The lowest BCUT2D eigenvalue weighted by molar-refractivity contribution is 0.780. The molecule has 0 spiro atoms. The molecule has 2 N–H and O–H groups in total. The van der Waals surface area contributed by atoms with Crippen molar-refractivity contribution >= 4 is 59.8 Å². The minimum atomic E-state index is 0.945. The number of aromatic nitrogens is 1. The van der Waals surface area contributed by atoms with Crippen LogP contribution in [0.4, 0.5) is 5.69 Å². The van der Waals surface area contributed by atoms with Crippen molar-refractivity contribution < 1.29 is 0 Å².